The van der Waals surface area contributed by atoms with E-state index in [4.69, 9.17) is 4.74 Å². The van der Waals surface area contributed by atoms with Gasteiger partial charge < -0.3 is 15.0 Å². The summed E-state index contributed by atoms with van der Waals surface area (Å²) in [6, 6.07) is 0. The third-order valence-electron chi connectivity index (χ3n) is 5.86. The Bertz CT molecular complexity index is 1090. The van der Waals surface area contributed by atoms with Gasteiger partial charge in [0.05, 0.1) is 10.3 Å². The molecule has 0 bridgehead atoms. The van der Waals surface area contributed by atoms with Crippen LogP contribution in [-0.4, -0.2) is 76.2 Å². The Kier molecular flexibility index (Phi) is 6.26. The van der Waals surface area contributed by atoms with E-state index in [1.165, 1.54) is 11.3 Å². The second kappa shape index (κ2) is 8.82. The molecule has 1 fully saturated rings. The summed E-state index contributed by atoms with van der Waals surface area (Å²) in [7, 11) is 0. The molecule has 1 N–H and O–H groups in total. The maximum Gasteiger partial charge on any atom is 0.410 e. The van der Waals surface area contributed by atoms with Crippen molar-refractivity contribution in [3.8, 4) is 0 Å². The summed E-state index contributed by atoms with van der Waals surface area (Å²) in [5, 5.41) is 3.55. The lowest BCUT2D eigenvalue weighted by molar-refractivity contribution is 0.0147. The maximum atomic E-state index is 12.8. The van der Waals surface area contributed by atoms with E-state index in [-0.39, 0.29) is 17.6 Å². The normalized spacial score (nSPS) is 16.9. The fourth-order valence-corrected chi connectivity index (χ4v) is 5.29. The molecule has 4 rings (SSSR count). The Morgan fingerprint density at radius 3 is 2.56 bits per heavy atom. The highest BCUT2D eigenvalue weighted by Gasteiger charge is 2.26. The average molecular weight is 462 g/mol. The molecule has 0 saturated carbocycles. The van der Waals surface area contributed by atoms with Crippen LogP contribution in [0.1, 0.15) is 48.3 Å². The molecule has 2 aliphatic heterocycles. The van der Waals surface area contributed by atoms with Crippen LogP contribution in [-0.2, 0) is 17.7 Å². The molecule has 0 atom stereocenters. The Morgan fingerprint density at radius 1 is 1.16 bits per heavy atom. The highest BCUT2D eigenvalue weighted by atomic mass is 32.1. The third kappa shape index (κ3) is 4.66. The maximum absolute atomic E-state index is 12.8. The first-order chi connectivity index (χ1) is 15.1. The minimum Gasteiger partial charge on any atom is -0.444 e. The number of fused-ring (bicyclic) bond motifs is 2. The first-order valence-electron chi connectivity index (χ1n) is 11.2. The lowest BCUT2D eigenvalue weighted by atomic mass is 10.2. The lowest BCUT2D eigenvalue weighted by Crippen LogP contribution is -2.51. The third-order valence-corrected chi connectivity index (χ3v) is 7.04. The summed E-state index contributed by atoms with van der Waals surface area (Å²) < 4.78 is 7.16. The van der Waals surface area contributed by atoms with Gasteiger partial charge in [0.15, 0.2) is 0 Å². The monoisotopic (exact) mass is 461 g/mol. The summed E-state index contributed by atoms with van der Waals surface area (Å²) >= 11 is 1.30. The zero-order valence-corrected chi connectivity index (χ0v) is 20.0. The van der Waals surface area contributed by atoms with Crippen molar-refractivity contribution in [3.05, 3.63) is 26.6 Å². The van der Waals surface area contributed by atoms with Crippen molar-refractivity contribution in [1.29, 1.82) is 0 Å². The van der Waals surface area contributed by atoms with E-state index < -0.39 is 5.60 Å². The predicted octanol–water partition coefficient (Wildman–Crippen LogP) is 2.00. The van der Waals surface area contributed by atoms with Crippen LogP contribution in [0.5, 0.6) is 0 Å². The van der Waals surface area contributed by atoms with Crippen molar-refractivity contribution in [1.82, 2.24) is 24.7 Å². The Morgan fingerprint density at radius 2 is 1.88 bits per heavy atom. The molecule has 2 aromatic rings. The van der Waals surface area contributed by atoms with Crippen LogP contribution in [0.15, 0.2) is 4.79 Å². The van der Waals surface area contributed by atoms with Crippen molar-refractivity contribution < 1.29 is 14.3 Å². The van der Waals surface area contributed by atoms with Gasteiger partial charge in [-0.05, 0) is 39.7 Å². The van der Waals surface area contributed by atoms with Gasteiger partial charge >= 0.3 is 6.09 Å². The number of hydrogen-bond donors (Lipinski definition) is 1. The van der Waals surface area contributed by atoms with Gasteiger partial charge in [0, 0.05) is 52.2 Å². The molecule has 0 unspecified atom stereocenters. The van der Waals surface area contributed by atoms with Crippen LogP contribution in [0.4, 0.5) is 4.79 Å². The van der Waals surface area contributed by atoms with Crippen molar-refractivity contribution in [2.24, 2.45) is 0 Å². The molecule has 32 heavy (non-hydrogen) atoms. The van der Waals surface area contributed by atoms with Gasteiger partial charge in [-0.1, -0.05) is 0 Å². The highest BCUT2D eigenvalue weighted by molar-refractivity contribution is 7.20. The minimum atomic E-state index is -0.496. The number of aryl methyl sites for hydroxylation is 2. The number of aromatic nitrogens is 2. The summed E-state index contributed by atoms with van der Waals surface area (Å²) in [4.78, 5) is 47.6. The highest BCUT2D eigenvalue weighted by Crippen LogP contribution is 2.28. The second-order valence-corrected chi connectivity index (χ2v) is 10.4. The summed E-state index contributed by atoms with van der Waals surface area (Å²) in [6.07, 6.45) is 1.48. The molecule has 4 heterocycles. The molecule has 0 aromatic carbocycles. The van der Waals surface area contributed by atoms with E-state index in [0.717, 1.165) is 31.8 Å². The van der Waals surface area contributed by atoms with Gasteiger partial charge in [0.1, 0.15) is 16.3 Å². The van der Waals surface area contributed by atoms with Gasteiger partial charge in [0.2, 0.25) is 0 Å². The van der Waals surface area contributed by atoms with Crippen molar-refractivity contribution in [3.63, 3.8) is 0 Å². The molecule has 2 amide bonds. The van der Waals surface area contributed by atoms with E-state index in [0.29, 0.717) is 53.4 Å². The number of carbonyl (C=O) groups is 2. The van der Waals surface area contributed by atoms with Crippen molar-refractivity contribution >= 4 is 33.6 Å². The van der Waals surface area contributed by atoms with Gasteiger partial charge in [-0.25, -0.2) is 9.78 Å². The molecule has 1 saturated heterocycles. The summed E-state index contributed by atoms with van der Waals surface area (Å²) in [6.45, 7) is 12.0. The summed E-state index contributed by atoms with van der Waals surface area (Å²) in [5.74, 6) is 0.656. The minimum absolute atomic E-state index is 0.0295. The molecule has 9 nitrogen and oxygen atoms in total. The fourth-order valence-electron chi connectivity index (χ4n) is 4.18. The number of rotatable bonds is 4. The summed E-state index contributed by atoms with van der Waals surface area (Å²) in [5.41, 5.74) is 0.191. The topological polar surface area (TPSA) is 96.8 Å². The number of hydrogen-bond acceptors (Lipinski definition) is 7. The van der Waals surface area contributed by atoms with E-state index >= 15 is 0 Å². The fraction of sp³-hybridized carbons (Fsp3) is 0.636. The van der Waals surface area contributed by atoms with Gasteiger partial charge in [-0.3, -0.25) is 19.1 Å². The van der Waals surface area contributed by atoms with Crippen molar-refractivity contribution in [2.45, 2.75) is 52.7 Å². The molecule has 174 valence electrons. The first-order valence-corrected chi connectivity index (χ1v) is 12.0. The van der Waals surface area contributed by atoms with Gasteiger partial charge in [-0.15, -0.1) is 11.3 Å². The van der Waals surface area contributed by atoms with Crippen LogP contribution in [0, 0.1) is 6.92 Å². The SMILES string of the molecule is Cc1c(C(=O)NCCN2CCN(C(=O)OC(C)(C)C)CC2)sc2nc3n(c(=O)c12)CCC3. The van der Waals surface area contributed by atoms with Crippen LogP contribution in [0.25, 0.3) is 10.2 Å². The number of carbonyl (C=O) groups excluding carboxylic acids is 2. The zero-order chi connectivity index (χ0) is 23.0. The lowest BCUT2D eigenvalue weighted by Gasteiger charge is -2.35. The number of ether oxygens (including phenoxy) is 1. The number of piperazine rings is 1. The molecule has 0 radical (unpaired) electrons. The quantitative estimate of drug-likeness (QED) is 0.748. The Hall–Kier alpha value is -2.46. The molecular weight excluding hydrogens is 430 g/mol. The molecule has 2 aliphatic rings. The van der Waals surface area contributed by atoms with Gasteiger partial charge in [-0.2, -0.15) is 0 Å². The van der Waals surface area contributed by atoms with Crippen LogP contribution in [0.2, 0.25) is 0 Å². The smallest absolute Gasteiger partial charge is 0.410 e. The van der Waals surface area contributed by atoms with Crippen LogP contribution >= 0.6 is 11.3 Å². The zero-order valence-electron chi connectivity index (χ0n) is 19.2. The number of nitrogens with one attached hydrogen (secondary N) is 1. The number of nitrogens with zero attached hydrogens (tertiary/aromatic N) is 4. The van der Waals surface area contributed by atoms with Crippen molar-refractivity contribution in [2.75, 3.05) is 39.3 Å². The van der Waals surface area contributed by atoms with E-state index in [2.05, 4.69) is 15.2 Å². The Balaban J connectivity index is 1.30. The first kappa shape index (κ1) is 22.7. The molecule has 0 spiro atoms. The predicted molar refractivity (Wildman–Crippen MR) is 124 cm³/mol. The number of amides is 2. The molecule has 0 aliphatic carbocycles. The largest absolute Gasteiger partial charge is 0.444 e. The van der Waals surface area contributed by atoms with E-state index in [1.54, 1.807) is 9.47 Å². The standard InChI is InChI=1S/C22H31N5O4S/c1-14-16-19(24-15-6-5-8-27(15)20(16)29)32-17(14)18(28)23-7-9-25-10-12-26(13-11-25)21(30)31-22(2,3)4/h5-13H2,1-4H3,(H,23,28). The molecule has 2 aromatic heterocycles. The Labute approximate surface area is 191 Å². The van der Waals surface area contributed by atoms with Crippen LogP contribution in [0.3, 0.4) is 0 Å². The number of thiophene rings is 1. The average Bonchev–Trinajstić information content (AvgIpc) is 3.32. The second-order valence-electron chi connectivity index (χ2n) is 9.39. The van der Waals surface area contributed by atoms with E-state index in [1.807, 2.05) is 27.7 Å². The van der Waals surface area contributed by atoms with Crippen LogP contribution < -0.4 is 10.9 Å². The molecule has 10 heteroatoms. The van der Waals surface area contributed by atoms with E-state index in [9.17, 15) is 14.4 Å². The van der Waals surface area contributed by atoms with Gasteiger partial charge in [0.25, 0.3) is 11.5 Å². The molecular formula is C22H31N5O4S.